The van der Waals surface area contributed by atoms with Gasteiger partial charge in [0.25, 0.3) is 0 Å². The number of aromatic nitrogens is 1. The predicted molar refractivity (Wildman–Crippen MR) is 71.5 cm³/mol. The van der Waals surface area contributed by atoms with Gasteiger partial charge in [0.2, 0.25) is 0 Å². The zero-order valence-corrected chi connectivity index (χ0v) is 10.7. The van der Waals surface area contributed by atoms with E-state index >= 15 is 0 Å². The largest absolute Gasteiger partial charge is 0.374 e. The Kier molecular flexibility index (Phi) is 3.48. The van der Waals surface area contributed by atoms with Gasteiger partial charge in [-0.1, -0.05) is 12.8 Å². The second-order valence-corrected chi connectivity index (χ2v) is 5.18. The maximum atomic E-state index is 5.90. The van der Waals surface area contributed by atoms with Crippen LogP contribution in [0.1, 0.15) is 31.2 Å². The number of fused-ring (bicyclic) bond motifs is 1. The van der Waals surface area contributed by atoms with Crippen molar-refractivity contribution in [3.8, 4) is 0 Å². The molecule has 0 spiro atoms. The minimum atomic E-state index is 0.399. The molecule has 1 saturated carbocycles. The van der Waals surface area contributed by atoms with Gasteiger partial charge >= 0.3 is 0 Å². The number of nitrogens with two attached hydrogens (primary N) is 1. The van der Waals surface area contributed by atoms with Crippen molar-refractivity contribution in [3.63, 3.8) is 0 Å². The fourth-order valence-corrected chi connectivity index (χ4v) is 3.13. The Hall–Kier alpha value is -1.13. The van der Waals surface area contributed by atoms with Crippen LogP contribution >= 0.6 is 0 Å². The molecular weight excluding hydrogens is 226 g/mol. The SMILES string of the molecule is NCc1ccnc(N2CCOC3CCCCC32)c1. The number of ether oxygens (including phenoxy) is 1. The molecule has 0 aromatic carbocycles. The van der Waals surface area contributed by atoms with Gasteiger partial charge < -0.3 is 15.4 Å². The summed E-state index contributed by atoms with van der Waals surface area (Å²) in [5, 5.41) is 0. The molecule has 1 aliphatic heterocycles. The van der Waals surface area contributed by atoms with E-state index in [2.05, 4.69) is 16.0 Å². The van der Waals surface area contributed by atoms with Crippen molar-refractivity contribution in [1.29, 1.82) is 0 Å². The zero-order valence-electron chi connectivity index (χ0n) is 10.7. The van der Waals surface area contributed by atoms with E-state index in [4.69, 9.17) is 10.5 Å². The molecule has 0 radical (unpaired) electrons. The normalized spacial score (nSPS) is 27.9. The number of hydrogen-bond acceptors (Lipinski definition) is 4. The fourth-order valence-electron chi connectivity index (χ4n) is 3.13. The smallest absolute Gasteiger partial charge is 0.129 e. The van der Waals surface area contributed by atoms with Crippen LogP contribution in [-0.4, -0.2) is 30.3 Å². The van der Waals surface area contributed by atoms with Gasteiger partial charge in [-0.15, -0.1) is 0 Å². The summed E-state index contributed by atoms with van der Waals surface area (Å²) in [6.45, 7) is 2.34. The molecule has 2 atom stereocenters. The van der Waals surface area contributed by atoms with Gasteiger partial charge in [0.1, 0.15) is 5.82 Å². The Labute approximate surface area is 108 Å². The third-order valence-corrected chi connectivity index (χ3v) is 4.07. The number of anilines is 1. The second-order valence-electron chi connectivity index (χ2n) is 5.18. The molecule has 0 bridgehead atoms. The Morgan fingerprint density at radius 3 is 3.17 bits per heavy atom. The summed E-state index contributed by atoms with van der Waals surface area (Å²) in [6, 6.07) is 4.62. The van der Waals surface area contributed by atoms with Gasteiger partial charge in [0.15, 0.2) is 0 Å². The average molecular weight is 247 g/mol. The zero-order chi connectivity index (χ0) is 12.4. The van der Waals surface area contributed by atoms with Crippen molar-refractivity contribution in [1.82, 2.24) is 4.98 Å². The van der Waals surface area contributed by atoms with Gasteiger partial charge in [-0.3, -0.25) is 0 Å². The molecule has 18 heavy (non-hydrogen) atoms. The topological polar surface area (TPSA) is 51.4 Å². The summed E-state index contributed by atoms with van der Waals surface area (Å²) in [6.07, 6.45) is 7.28. The molecule has 2 heterocycles. The van der Waals surface area contributed by atoms with Crippen LogP contribution in [0, 0.1) is 0 Å². The molecule has 2 aliphatic rings. The van der Waals surface area contributed by atoms with Crippen LogP contribution in [0.25, 0.3) is 0 Å². The highest BCUT2D eigenvalue weighted by Gasteiger charge is 2.34. The summed E-state index contributed by atoms with van der Waals surface area (Å²) in [7, 11) is 0. The first-order chi connectivity index (χ1) is 8.88. The highest BCUT2D eigenvalue weighted by molar-refractivity contribution is 5.43. The number of morpholine rings is 1. The van der Waals surface area contributed by atoms with Gasteiger partial charge in [-0.05, 0) is 30.5 Å². The Morgan fingerprint density at radius 1 is 1.39 bits per heavy atom. The standard InChI is InChI=1S/C14H21N3O/c15-10-11-5-6-16-14(9-11)17-7-8-18-13-4-2-1-3-12(13)17/h5-6,9,12-13H,1-4,7-8,10,15H2. The number of pyridine rings is 1. The van der Waals surface area contributed by atoms with Gasteiger partial charge in [0, 0.05) is 19.3 Å². The van der Waals surface area contributed by atoms with Gasteiger partial charge in [-0.2, -0.15) is 0 Å². The van der Waals surface area contributed by atoms with E-state index in [1.807, 2.05) is 12.3 Å². The lowest BCUT2D eigenvalue weighted by Gasteiger charge is -2.44. The number of rotatable bonds is 2. The average Bonchev–Trinajstić information content (AvgIpc) is 2.47. The molecule has 1 aromatic heterocycles. The maximum absolute atomic E-state index is 5.90. The van der Waals surface area contributed by atoms with Crippen LogP contribution < -0.4 is 10.6 Å². The molecule has 4 heteroatoms. The molecule has 1 saturated heterocycles. The van der Waals surface area contributed by atoms with Gasteiger partial charge in [-0.25, -0.2) is 4.98 Å². The van der Waals surface area contributed by atoms with Crippen LogP contribution in [-0.2, 0) is 11.3 Å². The quantitative estimate of drug-likeness (QED) is 0.864. The minimum absolute atomic E-state index is 0.399. The lowest BCUT2D eigenvalue weighted by molar-refractivity contribution is -0.00899. The highest BCUT2D eigenvalue weighted by Crippen LogP contribution is 2.31. The molecule has 3 rings (SSSR count). The van der Waals surface area contributed by atoms with E-state index in [9.17, 15) is 0 Å². The highest BCUT2D eigenvalue weighted by atomic mass is 16.5. The fraction of sp³-hybridized carbons (Fsp3) is 0.643. The summed E-state index contributed by atoms with van der Waals surface area (Å²) in [5.41, 5.74) is 6.86. The van der Waals surface area contributed by atoms with E-state index in [0.29, 0.717) is 18.7 Å². The summed E-state index contributed by atoms with van der Waals surface area (Å²) in [5.74, 6) is 1.07. The van der Waals surface area contributed by atoms with E-state index in [0.717, 1.165) is 24.5 Å². The first-order valence-electron chi connectivity index (χ1n) is 6.92. The third-order valence-electron chi connectivity index (χ3n) is 4.07. The van der Waals surface area contributed by atoms with Crippen LogP contribution in [0.2, 0.25) is 0 Å². The lowest BCUT2D eigenvalue weighted by atomic mass is 9.90. The van der Waals surface area contributed by atoms with E-state index in [1.54, 1.807) is 0 Å². The van der Waals surface area contributed by atoms with Crippen LogP contribution in [0.3, 0.4) is 0 Å². The molecule has 2 N–H and O–H groups in total. The molecule has 98 valence electrons. The molecule has 1 aliphatic carbocycles. The number of hydrogen-bond donors (Lipinski definition) is 1. The Balaban J connectivity index is 1.84. The first kappa shape index (κ1) is 11.9. The molecular formula is C14H21N3O. The summed E-state index contributed by atoms with van der Waals surface area (Å²) < 4.78 is 5.90. The summed E-state index contributed by atoms with van der Waals surface area (Å²) in [4.78, 5) is 6.94. The van der Waals surface area contributed by atoms with E-state index in [1.165, 1.54) is 25.7 Å². The maximum Gasteiger partial charge on any atom is 0.129 e. The summed E-state index contributed by atoms with van der Waals surface area (Å²) >= 11 is 0. The van der Waals surface area contributed by atoms with E-state index < -0.39 is 0 Å². The Morgan fingerprint density at radius 2 is 2.28 bits per heavy atom. The van der Waals surface area contributed by atoms with Crippen LogP contribution in [0.5, 0.6) is 0 Å². The molecule has 0 amide bonds. The van der Waals surface area contributed by atoms with Crippen molar-refractivity contribution in [2.45, 2.75) is 44.4 Å². The molecule has 2 fully saturated rings. The van der Waals surface area contributed by atoms with Crippen LogP contribution in [0.4, 0.5) is 5.82 Å². The van der Waals surface area contributed by atoms with Crippen molar-refractivity contribution in [2.75, 3.05) is 18.1 Å². The van der Waals surface area contributed by atoms with E-state index in [-0.39, 0.29) is 0 Å². The molecule has 2 unspecified atom stereocenters. The minimum Gasteiger partial charge on any atom is -0.374 e. The first-order valence-corrected chi connectivity index (χ1v) is 6.92. The number of nitrogens with zero attached hydrogens (tertiary/aromatic N) is 2. The lowest BCUT2D eigenvalue weighted by Crippen LogP contribution is -2.53. The predicted octanol–water partition coefficient (Wildman–Crippen LogP) is 1.69. The van der Waals surface area contributed by atoms with Crippen LogP contribution in [0.15, 0.2) is 18.3 Å². The van der Waals surface area contributed by atoms with Crippen molar-refractivity contribution < 1.29 is 4.74 Å². The Bertz CT molecular complexity index is 408. The molecule has 1 aromatic rings. The monoisotopic (exact) mass is 247 g/mol. The molecule has 4 nitrogen and oxygen atoms in total. The second kappa shape index (κ2) is 5.24. The third kappa shape index (κ3) is 2.22. The van der Waals surface area contributed by atoms with Crippen molar-refractivity contribution in [3.05, 3.63) is 23.9 Å². The van der Waals surface area contributed by atoms with Crippen molar-refractivity contribution in [2.24, 2.45) is 5.73 Å². The van der Waals surface area contributed by atoms with Gasteiger partial charge in [0.05, 0.1) is 18.8 Å². The van der Waals surface area contributed by atoms with Crippen molar-refractivity contribution >= 4 is 5.82 Å².